The Bertz CT molecular complexity index is 275. The van der Waals surface area contributed by atoms with Crippen molar-refractivity contribution < 1.29 is 4.74 Å². The lowest BCUT2D eigenvalue weighted by atomic mass is 10.1. The van der Waals surface area contributed by atoms with Gasteiger partial charge in [0.15, 0.2) is 0 Å². The van der Waals surface area contributed by atoms with E-state index in [4.69, 9.17) is 4.74 Å². The number of hydrogen-bond acceptors (Lipinski definition) is 2. The van der Waals surface area contributed by atoms with Gasteiger partial charge in [-0.15, -0.1) is 0 Å². The number of nitrogens with zero attached hydrogens (tertiary/aromatic N) is 1. The van der Waals surface area contributed by atoms with Crippen LogP contribution in [-0.4, -0.2) is 37.7 Å². The lowest BCUT2D eigenvalue weighted by Gasteiger charge is -2.26. The van der Waals surface area contributed by atoms with Crippen molar-refractivity contribution in [2.24, 2.45) is 5.92 Å². The van der Waals surface area contributed by atoms with Crippen LogP contribution in [-0.2, 0) is 4.74 Å². The number of halogens is 1. The van der Waals surface area contributed by atoms with Crippen molar-refractivity contribution in [3.05, 3.63) is 22.7 Å². The van der Waals surface area contributed by atoms with Crippen LogP contribution in [0.15, 0.2) is 22.7 Å². The summed E-state index contributed by atoms with van der Waals surface area (Å²) in [5, 5.41) is 0. The summed E-state index contributed by atoms with van der Waals surface area (Å²) in [6, 6.07) is 0.629. The van der Waals surface area contributed by atoms with Gasteiger partial charge in [0, 0.05) is 30.1 Å². The van der Waals surface area contributed by atoms with Crippen molar-refractivity contribution >= 4 is 15.9 Å². The highest BCUT2D eigenvalue weighted by molar-refractivity contribution is 9.11. The Hall–Kier alpha value is -0.120. The molecule has 1 saturated heterocycles. The normalized spacial score (nSPS) is 31.2. The Morgan fingerprint density at radius 3 is 3.13 bits per heavy atom. The molecule has 15 heavy (non-hydrogen) atoms. The first-order valence-electron chi connectivity index (χ1n) is 5.58. The Morgan fingerprint density at radius 1 is 1.60 bits per heavy atom. The highest BCUT2D eigenvalue weighted by Crippen LogP contribution is 2.28. The molecular formula is C12H18BrNO. The Kier molecular flexibility index (Phi) is 4.00. The van der Waals surface area contributed by atoms with Crippen LogP contribution in [0.3, 0.4) is 0 Å². The third kappa shape index (κ3) is 2.71. The molecule has 0 N–H and O–H groups in total. The predicted molar refractivity (Wildman–Crippen MR) is 66.1 cm³/mol. The summed E-state index contributed by atoms with van der Waals surface area (Å²) in [7, 11) is 1.79. The topological polar surface area (TPSA) is 12.5 Å². The van der Waals surface area contributed by atoms with Crippen LogP contribution in [0.4, 0.5) is 0 Å². The average molecular weight is 272 g/mol. The van der Waals surface area contributed by atoms with E-state index >= 15 is 0 Å². The van der Waals surface area contributed by atoms with E-state index in [1.54, 1.807) is 7.11 Å². The molecule has 0 saturated carbocycles. The SMILES string of the molecule is COC[C@H]1CCCN1CC1C=CC=C1Br. The summed E-state index contributed by atoms with van der Waals surface area (Å²) in [6.07, 6.45) is 9.14. The summed E-state index contributed by atoms with van der Waals surface area (Å²) >= 11 is 3.61. The molecule has 1 unspecified atom stereocenters. The molecule has 1 heterocycles. The molecule has 0 bridgehead atoms. The molecular weight excluding hydrogens is 254 g/mol. The summed E-state index contributed by atoms with van der Waals surface area (Å²) in [5.41, 5.74) is 0. The number of likely N-dealkylation sites (tertiary alicyclic amines) is 1. The smallest absolute Gasteiger partial charge is 0.0618 e. The van der Waals surface area contributed by atoms with Gasteiger partial charge in [-0.25, -0.2) is 0 Å². The third-order valence-corrected chi connectivity index (χ3v) is 4.09. The molecule has 0 spiro atoms. The number of allylic oxidation sites excluding steroid dienone is 2. The molecule has 0 aromatic carbocycles. The van der Waals surface area contributed by atoms with E-state index in [0.29, 0.717) is 12.0 Å². The van der Waals surface area contributed by atoms with Gasteiger partial charge in [0.25, 0.3) is 0 Å². The lowest BCUT2D eigenvalue weighted by molar-refractivity contribution is 0.112. The van der Waals surface area contributed by atoms with Crippen molar-refractivity contribution in [3.63, 3.8) is 0 Å². The Balaban J connectivity index is 1.88. The molecule has 1 aliphatic heterocycles. The van der Waals surface area contributed by atoms with Gasteiger partial charge in [0.2, 0.25) is 0 Å². The molecule has 2 aliphatic rings. The minimum Gasteiger partial charge on any atom is -0.383 e. The number of methoxy groups -OCH3 is 1. The van der Waals surface area contributed by atoms with Gasteiger partial charge >= 0.3 is 0 Å². The molecule has 1 fully saturated rings. The molecule has 0 aromatic rings. The molecule has 84 valence electrons. The fourth-order valence-corrected chi connectivity index (χ4v) is 2.86. The van der Waals surface area contributed by atoms with Crippen LogP contribution in [0.25, 0.3) is 0 Å². The Labute approximate surface area is 100 Å². The van der Waals surface area contributed by atoms with Crippen molar-refractivity contribution in [1.82, 2.24) is 4.90 Å². The van der Waals surface area contributed by atoms with E-state index in [9.17, 15) is 0 Å². The van der Waals surface area contributed by atoms with Crippen molar-refractivity contribution in [2.75, 3.05) is 26.8 Å². The zero-order chi connectivity index (χ0) is 10.7. The summed E-state index contributed by atoms with van der Waals surface area (Å²) in [4.78, 5) is 2.55. The van der Waals surface area contributed by atoms with Gasteiger partial charge in [0.1, 0.15) is 0 Å². The first-order valence-corrected chi connectivity index (χ1v) is 6.37. The van der Waals surface area contributed by atoms with Crippen LogP contribution >= 0.6 is 15.9 Å². The molecule has 1 aliphatic carbocycles. The van der Waals surface area contributed by atoms with Crippen LogP contribution in [0.5, 0.6) is 0 Å². The first-order chi connectivity index (χ1) is 7.31. The molecule has 2 atom stereocenters. The maximum absolute atomic E-state index is 5.26. The zero-order valence-electron chi connectivity index (χ0n) is 9.16. The van der Waals surface area contributed by atoms with E-state index in [1.807, 2.05) is 0 Å². The number of ether oxygens (including phenoxy) is 1. The van der Waals surface area contributed by atoms with Crippen molar-refractivity contribution in [3.8, 4) is 0 Å². The number of hydrogen-bond donors (Lipinski definition) is 0. The van der Waals surface area contributed by atoms with E-state index in [0.717, 1.165) is 13.2 Å². The highest BCUT2D eigenvalue weighted by Gasteiger charge is 2.27. The van der Waals surface area contributed by atoms with Gasteiger partial charge in [0.05, 0.1) is 6.61 Å². The minimum absolute atomic E-state index is 0.558. The summed E-state index contributed by atoms with van der Waals surface area (Å²) in [5.74, 6) is 0.558. The second-order valence-electron chi connectivity index (χ2n) is 4.29. The quantitative estimate of drug-likeness (QED) is 0.780. The molecule has 0 amide bonds. The fourth-order valence-electron chi connectivity index (χ4n) is 2.41. The van der Waals surface area contributed by atoms with Gasteiger partial charge < -0.3 is 4.74 Å². The van der Waals surface area contributed by atoms with Crippen molar-refractivity contribution in [2.45, 2.75) is 18.9 Å². The molecule has 2 nitrogen and oxygen atoms in total. The predicted octanol–water partition coefficient (Wildman–Crippen LogP) is 2.56. The largest absolute Gasteiger partial charge is 0.383 e. The molecule has 2 rings (SSSR count). The fraction of sp³-hybridized carbons (Fsp3) is 0.667. The number of rotatable bonds is 4. The van der Waals surface area contributed by atoms with Crippen LogP contribution in [0, 0.1) is 5.92 Å². The van der Waals surface area contributed by atoms with E-state index in [1.165, 1.54) is 23.9 Å². The van der Waals surface area contributed by atoms with Gasteiger partial charge in [-0.05, 0) is 19.4 Å². The standard InChI is InChI=1S/C12H18BrNO/c1-15-9-11-5-3-7-14(11)8-10-4-2-6-12(10)13/h2,4,6,10-11H,3,5,7-9H2,1H3/t10?,11-/m1/s1. The maximum Gasteiger partial charge on any atom is 0.0618 e. The monoisotopic (exact) mass is 271 g/mol. The third-order valence-electron chi connectivity index (χ3n) is 3.24. The molecule has 0 radical (unpaired) electrons. The maximum atomic E-state index is 5.26. The summed E-state index contributed by atoms with van der Waals surface area (Å²) in [6.45, 7) is 3.22. The second kappa shape index (κ2) is 5.28. The van der Waals surface area contributed by atoms with Crippen LogP contribution < -0.4 is 0 Å². The Morgan fingerprint density at radius 2 is 2.47 bits per heavy atom. The van der Waals surface area contributed by atoms with Gasteiger partial charge in [-0.3, -0.25) is 4.90 Å². The van der Waals surface area contributed by atoms with Gasteiger partial charge in [-0.1, -0.05) is 34.2 Å². The molecule has 0 aromatic heterocycles. The first kappa shape index (κ1) is 11.4. The van der Waals surface area contributed by atoms with Gasteiger partial charge in [-0.2, -0.15) is 0 Å². The van der Waals surface area contributed by atoms with E-state index in [-0.39, 0.29) is 0 Å². The van der Waals surface area contributed by atoms with E-state index < -0.39 is 0 Å². The summed E-state index contributed by atoms with van der Waals surface area (Å²) < 4.78 is 6.57. The second-order valence-corrected chi connectivity index (χ2v) is 5.20. The van der Waals surface area contributed by atoms with Crippen LogP contribution in [0.1, 0.15) is 12.8 Å². The zero-order valence-corrected chi connectivity index (χ0v) is 10.7. The molecule has 3 heteroatoms. The highest BCUT2D eigenvalue weighted by atomic mass is 79.9. The average Bonchev–Trinajstić information content (AvgIpc) is 2.80. The lowest BCUT2D eigenvalue weighted by Crippen LogP contribution is -2.36. The van der Waals surface area contributed by atoms with Crippen LogP contribution in [0.2, 0.25) is 0 Å². The van der Waals surface area contributed by atoms with E-state index in [2.05, 4.69) is 39.1 Å². The van der Waals surface area contributed by atoms with Crippen molar-refractivity contribution in [1.29, 1.82) is 0 Å². The minimum atomic E-state index is 0.558.